The van der Waals surface area contributed by atoms with Crippen LogP contribution in [0.25, 0.3) is 0 Å². The molecule has 2 heterocycles. The van der Waals surface area contributed by atoms with E-state index < -0.39 is 0 Å². The van der Waals surface area contributed by atoms with Gasteiger partial charge in [-0.05, 0) is 101 Å². The molecule has 5 rings (SSSR count). The second-order valence-electron chi connectivity index (χ2n) is 12.3. The van der Waals surface area contributed by atoms with E-state index >= 15 is 0 Å². The summed E-state index contributed by atoms with van der Waals surface area (Å²) in [6, 6.07) is 0. The van der Waals surface area contributed by atoms with E-state index in [9.17, 15) is 5.11 Å². The summed E-state index contributed by atoms with van der Waals surface area (Å²) in [6.45, 7) is 10.0. The third-order valence-corrected chi connectivity index (χ3v) is 10.7. The second-order valence-corrected chi connectivity index (χ2v) is 12.3. The van der Waals surface area contributed by atoms with Gasteiger partial charge in [0.1, 0.15) is 0 Å². The molecule has 3 aliphatic carbocycles. The van der Waals surface area contributed by atoms with Crippen molar-refractivity contribution < 1.29 is 14.6 Å². The van der Waals surface area contributed by atoms with Gasteiger partial charge in [-0.3, -0.25) is 0 Å². The highest BCUT2D eigenvalue weighted by atomic mass is 16.7. The maximum atomic E-state index is 9.43. The molecule has 3 saturated carbocycles. The third-order valence-electron chi connectivity index (χ3n) is 10.7. The Morgan fingerprint density at radius 1 is 0.903 bits per heavy atom. The van der Waals surface area contributed by atoms with Gasteiger partial charge >= 0.3 is 0 Å². The first-order chi connectivity index (χ1) is 15.0. The van der Waals surface area contributed by atoms with Crippen molar-refractivity contribution >= 4 is 0 Å². The van der Waals surface area contributed by atoms with E-state index in [1.807, 2.05) is 0 Å². The zero-order valence-electron chi connectivity index (χ0n) is 20.2. The molecule has 1 N–H and O–H groups in total. The minimum absolute atomic E-state index is 0.0752. The quantitative estimate of drug-likeness (QED) is 0.644. The molecule has 178 valence electrons. The molecule has 0 amide bonds. The summed E-state index contributed by atoms with van der Waals surface area (Å²) in [5.41, 5.74) is 0.639. The van der Waals surface area contributed by atoms with Gasteiger partial charge in [-0.25, -0.2) is 0 Å². The average molecular weight is 434 g/mol. The maximum Gasteiger partial charge on any atom is 0.160 e. The van der Waals surface area contributed by atoms with Crippen molar-refractivity contribution in [1.82, 2.24) is 4.90 Å². The van der Waals surface area contributed by atoms with Crippen LogP contribution in [-0.2, 0) is 9.47 Å². The monoisotopic (exact) mass is 433 g/mol. The Balaban J connectivity index is 1.22. The minimum Gasteiger partial charge on any atom is -0.396 e. The largest absolute Gasteiger partial charge is 0.396 e. The van der Waals surface area contributed by atoms with Crippen LogP contribution >= 0.6 is 0 Å². The molecule has 6 atom stereocenters. The van der Waals surface area contributed by atoms with Crippen LogP contribution in [0, 0.1) is 34.5 Å². The van der Waals surface area contributed by atoms with Gasteiger partial charge in [0.2, 0.25) is 0 Å². The lowest BCUT2D eigenvalue weighted by molar-refractivity contribution is -0.317. The van der Waals surface area contributed by atoms with Crippen LogP contribution in [0.3, 0.4) is 0 Å². The van der Waals surface area contributed by atoms with E-state index in [2.05, 4.69) is 18.7 Å². The molecule has 5 aliphatic rings. The molecule has 0 radical (unpaired) electrons. The van der Waals surface area contributed by atoms with Gasteiger partial charge in [-0.1, -0.05) is 33.1 Å². The number of hydrogen-bond donors (Lipinski definition) is 1. The average Bonchev–Trinajstić information content (AvgIpc) is 3.33. The highest BCUT2D eigenvalue weighted by Crippen LogP contribution is 2.62. The standard InChI is InChI=1S/C27H47NO3/c1-26-14-10-24-27(2,19-30-25(31-24)21-6-3-4-7-21)23(26)9-5-8-22(26)13-17-28-15-11-20(18-29)12-16-28/h20-25,29H,3-19H2,1-2H3/t22-,23?,24+,25+,26-,27-/m0/s1. The Morgan fingerprint density at radius 2 is 1.68 bits per heavy atom. The topological polar surface area (TPSA) is 41.9 Å². The van der Waals surface area contributed by atoms with Crippen LogP contribution < -0.4 is 0 Å². The SMILES string of the molecule is C[C@@]12CO[C@@H](C3CCCC3)O[C@@H]1CC[C@]1(C)C2CCC[C@H]1CCN1CCC(CO)CC1. The molecule has 0 aromatic heterocycles. The number of fused-ring (bicyclic) bond motifs is 3. The lowest BCUT2D eigenvalue weighted by Gasteiger charge is -2.62. The summed E-state index contributed by atoms with van der Waals surface area (Å²) >= 11 is 0. The Morgan fingerprint density at radius 3 is 2.42 bits per heavy atom. The number of hydrogen-bond acceptors (Lipinski definition) is 4. The number of nitrogens with zero attached hydrogens (tertiary/aromatic N) is 1. The Kier molecular flexibility index (Phi) is 6.74. The molecule has 1 unspecified atom stereocenters. The fourth-order valence-corrected chi connectivity index (χ4v) is 8.53. The second kappa shape index (κ2) is 9.24. The van der Waals surface area contributed by atoms with Crippen LogP contribution in [0.1, 0.15) is 90.9 Å². The lowest BCUT2D eigenvalue weighted by atomic mass is 9.46. The molecule has 4 heteroatoms. The van der Waals surface area contributed by atoms with E-state index in [1.54, 1.807) is 0 Å². The molecule has 2 aliphatic heterocycles. The van der Waals surface area contributed by atoms with Crippen LogP contribution in [0.4, 0.5) is 0 Å². The van der Waals surface area contributed by atoms with E-state index in [1.165, 1.54) is 96.7 Å². The molecule has 0 bridgehead atoms. The van der Waals surface area contributed by atoms with Gasteiger partial charge in [0.05, 0.1) is 12.7 Å². The molecule has 31 heavy (non-hydrogen) atoms. The van der Waals surface area contributed by atoms with Gasteiger partial charge in [-0.2, -0.15) is 0 Å². The number of piperidine rings is 1. The number of aliphatic hydroxyl groups is 1. The van der Waals surface area contributed by atoms with E-state index in [-0.39, 0.29) is 11.7 Å². The minimum atomic E-state index is 0.0752. The molecule has 5 fully saturated rings. The van der Waals surface area contributed by atoms with Crippen LogP contribution in [-0.4, -0.2) is 55.2 Å². The predicted molar refractivity (Wildman–Crippen MR) is 124 cm³/mol. The summed E-state index contributed by atoms with van der Waals surface area (Å²) in [5.74, 6) is 2.77. The normalized spacial score (nSPS) is 45.4. The predicted octanol–water partition coefficient (Wildman–Crippen LogP) is 5.24. The number of ether oxygens (including phenoxy) is 2. The third kappa shape index (κ3) is 4.24. The van der Waals surface area contributed by atoms with E-state index in [0.717, 1.165) is 18.4 Å². The van der Waals surface area contributed by atoms with Crippen LogP contribution in [0.5, 0.6) is 0 Å². The molecule has 0 aromatic carbocycles. The molecule has 0 spiro atoms. The van der Waals surface area contributed by atoms with Gasteiger partial charge in [0.25, 0.3) is 0 Å². The zero-order valence-corrected chi connectivity index (χ0v) is 20.2. The summed E-state index contributed by atoms with van der Waals surface area (Å²) in [7, 11) is 0. The van der Waals surface area contributed by atoms with E-state index in [0.29, 0.717) is 30.0 Å². The lowest BCUT2D eigenvalue weighted by Crippen LogP contribution is -2.61. The fourth-order valence-electron chi connectivity index (χ4n) is 8.53. The summed E-state index contributed by atoms with van der Waals surface area (Å²) in [6.07, 6.45) is 16.2. The van der Waals surface area contributed by atoms with Crippen molar-refractivity contribution in [2.24, 2.45) is 34.5 Å². The number of likely N-dealkylation sites (tertiary alicyclic amines) is 1. The van der Waals surface area contributed by atoms with Crippen molar-refractivity contribution in [3.63, 3.8) is 0 Å². The highest BCUT2D eigenvalue weighted by molar-refractivity contribution is 5.07. The number of rotatable bonds is 5. The van der Waals surface area contributed by atoms with Crippen molar-refractivity contribution in [3.8, 4) is 0 Å². The molecule has 0 aromatic rings. The van der Waals surface area contributed by atoms with Gasteiger partial charge in [-0.15, -0.1) is 0 Å². The highest BCUT2D eigenvalue weighted by Gasteiger charge is 2.59. The zero-order chi connectivity index (χ0) is 21.5. The van der Waals surface area contributed by atoms with Crippen molar-refractivity contribution in [1.29, 1.82) is 0 Å². The maximum absolute atomic E-state index is 9.43. The van der Waals surface area contributed by atoms with E-state index in [4.69, 9.17) is 9.47 Å². The van der Waals surface area contributed by atoms with Crippen molar-refractivity contribution in [2.45, 2.75) is 103 Å². The summed E-state index contributed by atoms with van der Waals surface area (Å²) in [5, 5.41) is 9.43. The first-order valence-corrected chi connectivity index (χ1v) is 13.6. The van der Waals surface area contributed by atoms with Crippen LogP contribution in [0.15, 0.2) is 0 Å². The molecular formula is C27H47NO3. The Bertz CT molecular complexity index is 599. The Hall–Kier alpha value is -0.160. The summed E-state index contributed by atoms with van der Waals surface area (Å²) < 4.78 is 13.2. The van der Waals surface area contributed by atoms with Crippen LogP contribution in [0.2, 0.25) is 0 Å². The van der Waals surface area contributed by atoms with Gasteiger partial charge in [0, 0.05) is 17.9 Å². The summed E-state index contributed by atoms with van der Waals surface area (Å²) in [4.78, 5) is 2.67. The van der Waals surface area contributed by atoms with Gasteiger partial charge in [0.15, 0.2) is 6.29 Å². The molecular weight excluding hydrogens is 386 g/mol. The van der Waals surface area contributed by atoms with Gasteiger partial charge < -0.3 is 19.5 Å². The molecule has 4 nitrogen and oxygen atoms in total. The van der Waals surface area contributed by atoms with Crippen molar-refractivity contribution in [2.75, 3.05) is 32.8 Å². The smallest absolute Gasteiger partial charge is 0.160 e. The Labute approximate surface area is 190 Å². The fraction of sp³-hybridized carbons (Fsp3) is 1.00. The first kappa shape index (κ1) is 22.6. The van der Waals surface area contributed by atoms with Crippen molar-refractivity contribution in [3.05, 3.63) is 0 Å². The first-order valence-electron chi connectivity index (χ1n) is 13.6. The molecule has 2 saturated heterocycles. The number of aliphatic hydroxyl groups excluding tert-OH is 1.